The van der Waals surface area contributed by atoms with Crippen LogP contribution in [0.25, 0.3) is 0 Å². The van der Waals surface area contributed by atoms with Gasteiger partial charge in [0.25, 0.3) is 5.91 Å². The third-order valence-electron chi connectivity index (χ3n) is 4.34. The molecule has 0 atom stereocenters. The van der Waals surface area contributed by atoms with Crippen molar-refractivity contribution >= 4 is 17.6 Å². The number of aliphatic carboxylic acids is 1. The van der Waals surface area contributed by atoms with Crippen molar-refractivity contribution in [2.24, 2.45) is 11.7 Å². The number of carboxylic acids is 1. The lowest BCUT2D eigenvalue weighted by atomic mass is 9.75. The van der Waals surface area contributed by atoms with Crippen molar-refractivity contribution in [2.75, 3.05) is 5.32 Å². The number of anilines is 1. The number of hydrogen-bond donors (Lipinski definition) is 3. The van der Waals surface area contributed by atoms with Gasteiger partial charge in [-0.3, -0.25) is 9.78 Å². The standard InChI is InChI=1S/C15H21N3O3/c1-2-10-3-6-15(7-4-10,14(20)21)18-11-5-8-17-12(9-11)13(16)19/h5,8-10H,2-4,6-7H2,1H3,(H2,16,19)(H,17,18)(H,20,21). The van der Waals surface area contributed by atoms with Gasteiger partial charge in [-0.15, -0.1) is 0 Å². The molecule has 1 saturated carbocycles. The van der Waals surface area contributed by atoms with E-state index in [1.165, 1.54) is 12.3 Å². The molecule has 0 aliphatic heterocycles. The van der Waals surface area contributed by atoms with E-state index in [1.807, 2.05) is 0 Å². The molecule has 114 valence electrons. The highest BCUT2D eigenvalue weighted by atomic mass is 16.4. The average Bonchev–Trinajstić information content (AvgIpc) is 2.48. The van der Waals surface area contributed by atoms with Gasteiger partial charge in [0, 0.05) is 11.9 Å². The highest BCUT2D eigenvalue weighted by Crippen LogP contribution is 2.36. The van der Waals surface area contributed by atoms with Crippen molar-refractivity contribution in [3.63, 3.8) is 0 Å². The van der Waals surface area contributed by atoms with E-state index >= 15 is 0 Å². The smallest absolute Gasteiger partial charge is 0.329 e. The minimum Gasteiger partial charge on any atom is -0.480 e. The molecule has 21 heavy (non-hydrogen) atoms. The van der Waals surface area contributed by atoms with Crippen molar-refractivity contribution < 1.29 is 14.7 Å². The molecule has 1 aromatic rings. The predicted octanol–water partition coefficient (Wildman–Crippen LogP) is 2.02. The monoisotopic (exact) mass is 291 g/mol. The highest BCUT2D eigenvalue weighted by molar-refractivity contribution is 5.92. The Morgan fingerprint density at radius 1 is 1.48 bits per heavy atom. The van der Waals surface area contributed by atoms with E-state index in [-0.39, 0.29) is 5.69 Å². The number of carbonyl (C=O) groups excluding carboxylic acids is 1. The fraction of sp³-hybridized carbons (Fsp3) is 0.533. The van der Waals surface area contributed by atoms with Gasteiger partial charge in [0.2, 0.25) is 0 Å². The quantitative estimate of drug-likeness (QED) is 0.769. The summed E-state index contributed by atoms with van der Waals surface area (Å²) in [6.45, 7) is 2.13. The molecule has 0 aromatic carbocycles. The van der Waals surface area contributed by atoms with Gasteiger partial charge in [0.15, 0.2) is 0 Å². The van der Waals surface area contributed by atoms with Crippen molar-refractivity contribution in [1.82, 2.24) is 4.98 Å². The van der Waals surface area contributed by atoms with Gasteiger partial charge >= 0.3 is 5.97 Å². The zero-order valence-electron chi connectivity index (χ0n) is 12.1. The van der Waals surface area contributed by atoms with Crippen LogP contribution in [0.4, 0.5) is 5.69 Å². The fourth-order valence-corrected chi connectivity index (χ4v) is 2.89. The summed E-state index contributed by atoms with van der Waals surface area (Å²) in [5.41, 5.74) is 4.92. The Labute approximate surface area is 123 Å². The van der Waals surface area contributed by atoms with Crippen LogP contribution in [0.1, 0.15) is 49.5 Å². The van der Waals surface area contributed by atoms with Crippen LogP contribution in [0, 0.1) is 5.92 Å². The first-order chi connectivity index (χ1) is 9.97. The van der Waals surface area contributed by atoms with E-state index in [9.17, 15) is 14.7 Å². The molecule has 0 radical (unpaired) electrons. The summed E-state index contributed by atoms with van der Waals surface area (Å²) in [6, 6.07) is 3.15. The summed E-state index contributed by atoms with van der Waals surface area (Å²) in [6.07, 6.45) is 5.48. The maximum Gasteiger partial charge on any atom is 0.329 e. The number of amides is 1. The van der Waals surface area contributed by atoms with Gasteiger partial charge in [-0.25, -0.2) is 4.79 Å². The number of hydrogen-bond acceptors (Lipinski definition) is 4. The van der Waals surface area contributed by atoms with Crippen LogP contribution in [-0.4, -0.2) is 27.5 Å². The van der Waals surface area contributed by atoms with Crippen molar-refractivity contribution in [3.05, 3.63) is 24.0 Å². The Kier molecular flexibility index (Phi) is 4.45. The summed E-state index contributed by atoms with van der Waals surface area (Å²) in [7, 11) is 0. The number of pyridine rings is 1. The Balaban J connectivity index is 2.19. The second-order valence-electron chi connectivity index (χ2n) is 5.66. The predicted molar refractivity (Wildman–Crippen MR) is 79.0 cm³/mol. The molecule has 1 heterocycles. The molecule has 1 amide bonds. The van der Waals surface area contributed by atoms with Gasteiger partial charge in [-0.2, -0.15) is 0 Å². The topological polar surface area (TPSA) is 105 Å². The van der Waals surface area contributed by atoms with Crippen molar-refractivity contribution in [3.8, 4) is 0 Å². The molecule has 6 heteroatoms. The maximum atomic E-state index is 11.7. The zero-order valence-corrected chi connectivity index (χ0v) is 12.1. The zero-order chi connectivity index (χ0) is 15.5. The number of rotatable bonds is 5. The average molecular weight is 291 g/mol. The van der Waals surface area contributed by atoms with Crippen LogP contribution in [0.2, 0.25) is 0 Å². The van der Waals surface area contributed by atoms with Crippen LogP contribution < -0.4 is 11.1 Å². The minimum atomic E-state index is -0.970. The molecule has 4 N–H and O–H groups in total. The fourth-order valence-electron chi connectivity index (χ4n) is 2.89. The van der Waals surface area contributed by atoms with Crippen LogP contribution in [0.3, 0.4) is 0 Å². The number of nitrogens with two attached hydrogens (primary N) is 1. The van der Waals surface area contributed by atoms with E-state index in [0.29, 0.717) is 24.4 Å². The molecule has 1 aromatic heterocycles. The molecule has 0 unspecified atom stereocenters. The van der Waals surface area contributed by atoms with Crippen molar-refractivity contribution in [1.29, 1.82) is 0 Å². The molecule has 0 spiro atoms. The van der Waals surface area contributed by atoms with Gasteiger partial charge in [0.05, 0.1) is 0 Å². The Morgan fingerprint density at radius 2 is 2.14 bits per heavy atom. The number of aromatic nitrogens is 1. The van der Waals surface area contributed by atoms with Crippen LogP contribution in [-0.2, 0) is 4.79 Å². The van der Waals surface area contributed by atoms with Gasteiger partial charge in [-0.1, -0.05) is 13.3 Å². The highest BCUT2D eigenvalue weighted by Gasteiger charge is 2.41. The summed E-state index contributed by atoms with van der Waals surface area (Å²) in [5.74, 6) is -0.884. The second-order valence-corrected chi connectivity index (χ2v) is 5.66. The molecule has 1 aliphatic rings. The van der Waals surface area contributed by atoms with Gasteiger partial charge in [-0.05, 0) is 43.7 Å². The van der Waals surface area contributed by atoms with E-state index < -0.39 is 17.4 Å². The lowest BCUT2D eigenvalue weighted by Crippen LogP contribution is -2.49. The normalized spacial score (nSPS) is 25.3. The first-order valence-electron chi connectivity index (χ1n) is 7.24. The van der Waals surface area contributed by atoms with Crippen molar-refractivity contribution in [2.45, 2.75) is 44.6 Å². The third-order valence-corrected chi connectivity index (χ3v) is 4.34. The van der Waals surface area contributed by atoms with Crippen LogP contribution >= 0.6 is 0 Å². The minimum absolute atomic E-state index is 0.128. The summed E-state index contributed by atoms with van der Waals surface area (Å²) in [4.78, 5) is 26.7. The maximum absolute atomic E-state index is 11.7. The molecule has 1 fully saturated rings. The summed E-state index contributed by atoms with van der Waals surface area (Å²) < 4.78 is 0. The van der Waals surface area contributed by atoms with E-state index in [1.54, 1.807) is 6.07 Å². The first-order valence-corrected chi connectivity index (χ1v) is 7.24. The largest absolute Gasteiger partial charge is 0.480 e. The molecule has 6 nitrogen and oxygen atoms in total. The Bertz CT molecular complexity index is 537. The Hall–Kier alpha value is -2.11. The van der Waals surface area contributed by atoms with Gasteiger partial charge in [0.1, 0.15) is 11.2 Å². The molecule has 0 bridgehead atoms. The Morgan fingerprint density at radius 3 is 2.67 bits per heavy atom. The third kappa shape index (κ3) is 3.32. The lowest BCUT2D eigenvalue weighted by molar-refractivity contribution is -0.143. The summed E-state index contributed by atoms with van der Waals surface area (Å²) >= 11 is 0. The second kappa shape index (κ2) is 6.11. The lowest BCUT2D eigenvalue weighted by Gasteiger charge is -2.38. The SMILES string of the molecule is CCC1CCC(Nc2ccnc(C(N)=O)c2)(C(=O)O)CC1. The van der Waals surface area contributed by atoms with Crippen LogP contribution in [0.5, 0.6) is 0 Å². The number of carboxylic acid groups (broad SMARTS) is 1. The first kappa shape index (κ1) is 15.3. The number of primary amides is 1. The van der Waals surface area contributed by atoms with E-state index in [4.69, 9.17) is 5.73 Å². The molecule has 0 saturated heterocycles. The van der Waals surface area contributed by atoms with Gasteiger partial charge < -0.3 is 16.2 Å². The molecular weight excluding hydrogens is 270 g/mol. The molecule has 2 rings (SSSR count). The number of nitrogens with zero attached hydrogens (tertiary/aromatic N) is 1. The van der Waals surface area contributed by atoms with E-state index in [2.05, 4.69) is 17.2 Å². The van der Waals surface area contributed by atoms with Crippen LogP contribution in [0.15, 0.2) is 18.3 Å². The molecule has 1 aliphatic carbocycles. The summed E-state index contributed by atoms with van der Waals surface area (Å²) in [5, 5.41) is 12.7. The van der Waals surface area contributed by atoms with E-state index in [0.717, 1.165) is 19.3 Å². The number of nitrogens with one attached hydrogen (secondary N) is 1. The molecular formula is C15H21N3O3. The number of carbonyl (C=O) groups is 2.